The minimum absolute atomic E-state index is 0.335. The number of fused-ring (bicyclic) bond motifs is 1. The highest BCUT2D eigenvalue weighted by Crippen LogP contribution is 2.33. The van der Waals surface area contributed by atoms with E-state index in [2.05, 4.69) is 5.16 Å². The standard InChI is InChI=1S/C13H13NO4/c1-2-16-13-11-9(12(15)17-13)10(14-18-11)8-6-4-3-5-7-8/h3-7,9,11,13H,2H2,1H3/t9-,11-,13-/m1/s1. The predicted octanol–water partition coefficient (Wildman–Crippen LogP) is 1.33. The zero-order chi connectivity index (χ0) is 12.5. The Kier molecular flexibility index (Phi) is 2.76. The predicted molar refractivity (Wildman–Crippen MR) is 62.8 cm³/mol. The molecule has 2 aliphatic heterocycles. The Bertz CT molecular complexity index is 485. The van der Waals surface area contributed by atoms with Crippen LogP contribution in [0.25, 0.3) is 0 Å². The molecule has 0 radical (unpaired) electrons. The average Bonchev–Trinajstić information content (AvgIpc) is 2.94. The van der Waals surface area contributed by atoms with Crippen molar-refractivity contribution in [3.63, 3.8) is 0 Å². The maximum atomic E-state index is 11.9. The van der Waals surface area contributed by atoms with E-state index >= 15 is 0 Å². The van der Waals surface area contributed by atoms with Crippen LogP contribution >= 0.6 is 0 Å². The second-order valence-corrected chi connectivity index (χ2v) is 4.15. The number of ether oxygens (including phenoxy) is 2. The molecule has 18 heavy (non-hydrogen) atoms. The molecule has 0 bridgehead atoms. The van der Waals surface area contributed by atoms with Gasteiger partial charge in [0.1, 0.15) is 11.6 Å². The second kappa shape index (κ2) is 4.42. The van der Waals surface area contributed by atoms with Crippen molar-refractivity contribution in [2.75, 3.05) is 6.61 Å². The highest BCUT2D eigenvalue weighted by atomic mass is 16.8. The van der Waals surface area contributed by atoms with Gasteiger partial charge in [-0.05, 0) is 6.92 Å². The van der Waals surface area contributed by atoms with Crippen LogP contribution in [0.15, 0.2) is 35.5 Å². The summed E-state index contributed by atoms with van der Waals surface area (Å²) in [4.78, 5) is 17.2. The molecule has 1 aromatic rings. The molecule has 0 spiro atoms. The molecule has 0 saturated carbocycles. The van der Waals surface area contributed by atoms with Gasteiger partial charge in [0.25, 0.3) is 0 Å². The number of cyclic esters (lactones) is 1. The summed E-state index contributed by atoms with van der Waals surface area (Å²) in [6.45, 7) is 2.31. The summed E-state index contributed by atoms with van der Waals surface area (Å²) in [5.74, 6) is -0.817. The maximum absolute atomic E-state index is 11.9. The molecule has 0 amide bonds. The van der Waals surface area contributed by atoms with Crippen LogP contribution in [-0.2, 0) is 19.1 Å². The normalized spacial score (nSPS) is 29.5. The highest BCUT2D eigenvalue weighted by molar-refractivity contribution is 6.13. The molecular formula is C13H13NO4. The largest absolute Gasteiger partial charge is 0.431 e. The van der Waals surface area contributed by atoms with Gasteiger partial charge in [-0.15, -0.1) is 0 Å². The Morgan fingerprint density at radius 3 is 2.83 bits per heavy atom. The molecule has 0 N–H and O–H groups in total. The van der Waals surface area contributed by atoms with Crippen LogP contribution in [0, 0.1) is 5.92 Å². The molecule has 2 aliphatic rings. The lowest BCUT2D eigenvalue weighted by Crippen LogP contribution is -2.30. The number of oxime groups is 1. The van der Waals surface area contributed by atoms with Gasteiger partial charge < -0.3 is 14.3 Å². The first-order chi connectivity index (χ1) is 8.81. The number of rotatable bonds is 3. The second-order valence-electron chi connectivity index (χ2n) is 4.15. The van der Waals surface area contributed by atoms with Crippen molar-refractivity contribution in [3.8, 4) is 0 Å². The number of hydrogen-bond donors (Lipinski definition) is 0. The summed E-state index contributed by atoms with van der Waals surface area (Å²) in [6, 6.07) is 9.49. The monoisotopic (exact) mass is 247 g/mol. The number of carbonyl (C=O) groups excluding carboxylic acids is 1. The van der Waals surface area contributed by atoms with Crippen LogP contribution < -0.4 is 0 Å². The summed E-state index contributed by atoms with van der Waals surface area (Å²) in [7, 11) is 0. The van der Waals surface area contributed by atoms with Gasteiger partial charge >= 0.3 is 5.97 Å². The third kappa shape index (κ3) is 1.67. The summed E-state index contributed by atoms with van der Waals surface area (Å²) >= 11 is 0. The molecule has 0 aliphatic carbocycles. The van der Waals surface area contributed by atoms with Gasteiger partial charge in [-0.25, -0.2) is 0 Å². The summed E-state index contributed by atoms with van der Waals surface area (Å²) in [5, 5.41) is 4.01. The smallest absolute Gasteiger partial charge is 0.321 e. The molecule has 94 valence electrons. The highest BCUT2D eigenvalue weighted by Gasteiger charge is 2.54. The first-order valence-electron chi connectivity index (χ1n) is 5.92. The Morgan fingerprint density at radius 1 is 1.33 bits per heavy atom. The fourth-order valence-corrected chi connectivity index (χ4v) is 2.23. The Hall–Kier alpha value is -1.88. The number of hydrogen-bond acceptors (Lipinski definition) is 5. The minimum Gasteiger partial charge on any atom is -0.431 e. The third-order valence-corrected chi connectivity index (χ3v) is 3.05. The van der Waals surface area contributed by atoms with E-state index < -0.39 is 18.3 Å². The Labute approximate surface area is 104 Å². The molecule has 3 atom stereocenters. The summed E-state index contributed by atoms with van der Waals surface area (Å²) in [6.07, 6.45) is -1.12. The molecule has 3 rings (SSSR count). The molecular weight excluding hydrogens is 234 g/mol. The van der Waals surface area contributed by atoms with Crippen molar-refractivity contribution >= 4 is 11.7 Å². The van der Waals surface area contributed by atoms with Crippen LogP contribution in [0.1, 0.15) is 12.5 Å². The third-order valence-electron chi connectivity index (χ3n) is 3.05. The van der Waals surface area contributed by atoms with E-state index in [1.807, 2.05) is 37.3 Å². The van der Waals surface area contributed by atoms with Gasteiger partial charge in [-0.1, -0.05) is 35.5 Å². The lowest BCUT2D eigenvalue weighted by atomic mass is 9.94. The summed E-state index contributed by atoms with van der Waals surface area (Å²) in [5.41, 5.74) is 1.49. The van der Waals surface area contributed by atoms with Gasteiger partial charge in [0.05, 0.1) is 0 Å². The van der Waals surface area contributed by atoms with Crippen molar-refractivity contribution in [1.29, 1.82) is 0 Å². The van der Waals surface area contributed by atoms with Gasteiger partial charge in [-0.3, -0.25) is 4.79 Å². The van der Waals surface area contributed by atoms with E-state index in [0.29, 0.717) is 12.3 Å². The van der Waals surface area contributed by atoms with Crippen molar-refractivity contribution in [1.82, 2.24) is 0 Å². The van der Waals surface area contributed by atoms with Gasteiger partial charge in [0, 0.05) is 12.2 Å². The molecule has 0 aromatic heterocycles. The van der Waals surface area contributed by atoms with Crippen molar-refractivity contribution < 1.29 is 19.1 Å². The quantitative estimate of drug-likeness (QED) is 0.756. The number of nitrogens with zero attached hydrogens (tertiary/aromatic N) is 1. The van der Waals surface area contributed by atoms with E-state index in [-0.39, 0.29) is 5.97 Å². The lowest BCUT2D eigenvalue weighted by Gasteiger charge is -2.13. The first kappa shape index (κ1) is 11.2. The topological polar surface area (TPSA) is 57.1 Å². The fourth-order valence-electron chi connectivity index (χ4n) is 2.23. The first-order valence-corrected chi connectivity index (χ1v) is 5.92. The van der Waals surface area contributed by atoms with Crippen molar-refractivity contribution in [2.24, 2.45) is 11.1 Å². The molecule has 5 heteroatoms. The van der Waals surface area contributed by atoms with E-state index in [0.717, 1.165) is 5.56 Å². The van der Waals surface area contributed by atoms with Crippen LogP contribution in [0.5, 0.6) is 0 Å². The van der Waals surface area contributed by atoms with Crippen LogP contribution in [0.4, 0.5) is 0 Å². The zero-order valence-electron chi connectivity index (χ0n) is 9.91. The van der Waals surface area contributed by atoms with Crippen LogP contribution in [0.2, 0.25) is 0 Å². The molecule has 1 fully saturated rings. The fraction of sp³-hybridized carbons (Fsp3) is 0.385. The van der Waals surface area contributed by atoms with E-state index in [4.69, 9.17) is 14.3 Å². The summed E-state index contributed by atoms with van der Waals surface area (Å²) < 4.78 is 10.5. The SMILES string of the molecule is CCO[C@@H]1OC(=O)[C@@H]2C(c3ccccc3)=NO[C@@H]12. The molecule has 5 nitrogen and oxygen atoms in total. The van der Waals surface area contributed by atoms with Gasteiger partial charge in [0.15, 0.2) is 0 Å². The Balaban J connectivity index is 1.87. The average molecular weight is 247 g/mol. The van der Waals surface area contributed by atoms with Crippen molar-refractivity contribution in [3.05, 3.63) is 35.9 Å². The molecule has 1 saturated heterocycles. The van der Waals surface area contributed by atoms with Crippen LogP contribution in [0.3, 0.4) is 0 Å². The molecule has 2 heterocycles. The Morgan fingerprint density at radius 2 is 2.11 bits per heavy atom. The number of carbonyl (C=O) groups is 1. The maximum Gasteiger partial charge on any atom is 0.321 e. The molecule has 0 unspecified atom stereocenters. The molecule has 1 aromatic carbocycles. The van der Waals surface area contributed by atoms with Gasteiger partial charge in [-0.2, -0.15) is 0 Å². The lowest BCUT2D eigenvalue weighted by molar-refractivity contribution is -0.177. The van der Waals surface area contributed by atoms with Crippen LogP contribution in [-0.4, -0.2) is 30.7 Å². The van der Waals surface area contributed by atoms with E-state index in [9.17, 15) is 4.79 Å². The van der Waals surface area contributed by atoms with Gasteiger partial charge in [0.2, 0.25) is 12.4 Å². The zero-order valence-corrected chi connectivity index (χ0v) is 9.91. The number of esters is 1. The minimum atomic E-state index is -0.655. The van der Waals surface area contributed by atoms with E-state index in [1.165, 1.54) is 0 Å². The van der Waals surface area contributed by atoms with E-state index in [1.54, 1.807) is 0 Å². The number of benzene rings is 1. The van der Waals surface area contributed by atoms with Crippen molar-refractivity contribution in [2.45, 2.75) is 19.3 Å².